The Morgan fingerprint density at radius 2 is 1.00 bits per heavy atom. The van der Waals surface area contributed by atoms with Gasteiger partial charge in [-0.05, 0) is 111 Å². The summed E-state index contributed by atoms with van der Waals surface area (Å²) in [6, 6.07) is 78.3. The number of anilines is 3. The van der Waals surface area contributed by atoms with Crippen LogP contribution in [-0.4, -0.2) is 4.57 Å². The summed E-state index contributed by atoms with van der Waals surface area (Å²) in [7, 11) is 0. The molecule has 0 aliphatic heterocycles. The van der Waals surface area contributed by atoms with Gasteiger partial charge in [0.1, 0.15) is 0 Å². The van der Waals surface area contributed by atoms with E-state index in [0.717, 1.165) is 22.7 Å². The Morgan fingerprint density at radius 3 is 1.77 bits per heavy atom. The van der Waals surface area contributed by atoms with Crippen molar-refractivity contribution in [2.75, 3.05) is 4.90 Å². The van der Waals surface area contributed by atoms with E-state index < -0.39 is 0 Å². The third kappa shape index (κ3) is 6.46. The van der Waals surface area contributed by atoms with E-state index in [2.05, 4.69) is 222 Å². The highest BCUT2D eigenvalue weighted by Crippen LogP contribution is 2.46. The molecule has 0 bridgehead atoms. The van der Waals surface area contributed by atoms with Crippen LogP contribution in [0.1, 0.15) is 43.6 Å². The van der Waals surface area contributed by atoms with Gasteiger partial charge in [-0.3, -0.25) is 0 Å². The Kier molecular flexibility index (Phi) is 9.32. The van der Waals surface area contributed by atoms with Crippen LogP contribution in [-0.2, 0) is 0 Å². The molecule has 2 heteroatoms. The molecular formula is C58H46N2. The molecule has 60 heavy (non-hydrogen) atoms. The minimum absolute atomic E-state index is 0.701. The van der Waals surface area contributed by atoms with Crippen LogP contribution < -0.4 is 4.90 Å². The maximum atomic E-state index is 2.46. The molecule has 0 amide bonds. The van der Waals surface area contributed by atoms with E-state index >= 15 is 0 Å². The van der Waals surface area contributed by atoms with Crippen molar-refractivity contribution in [1.29, 1.82) is 0 Å². The van der Waals surface area contributed by atoms with Crippen molar-refractivity contribution in [2.24, 2.45) is 0 Å². The smallest absolute Gasteiger partial charge is 0.0561 e. The molecule has 1 saturated carbocycles. The maximum Gasteiger partial charge on any atom is 0.0561 e. The molecule has 0 saturated heterocycles. The molecule has 10 aromatic rings. The van der Waals surface area contributed by atoms with Crippen LogP contribution in [0.2, 0.25) is 0 Å². The number of fused-ring (bicyclic) bond motifs is 4. The quantitative estimate of drug-likeness (QED) is 0.149. The molecule has 0 radical (unpaired) electrons. The summed E-state index contributed by atoms with van der Waals surface area (Å²) in [4.78, 5) is 2.46. The van der Waals surface area contributed by atoms with Gasteiger partial charge in [-0.15, -0.1) is 0 Å². The molecule has 1 heterocycles. The molecule has 1 aromatic heterocycles. The first kappa shape index (κ1) is 36.0. The molecule has 11 rings (SSSR count). The molecule has 9 aromatic carbocycles. The van der Waals surface area contributed by atoms with Gasteiger partial charge in [0.25, 0.3) is 0 Å². The lowest BCUT2D eigenvalue weighted by Crippen LogP contribution is -2.11. The largest absolute Gasteiger partial charge is 0.310 e. The summed E-state index contributed by atoms with van der Waals surface area (Å²) in [5, 5.41) is 4.96. The van der Waals surface area contributed by atoms with Gasteiger partial charge in [-0.1, -0.05) is 183 Å². The van der Waals surface area contributed by atoms with Gasteiger partial charge in [0.15, 0.2) is 0 Å². The molecule has 2 nitrogen and oxygen atoms in total. The third-order valence-electron chi connectivity index (χ3n) is 12.8. The number of nitrogens with zero attached hydrogens (tertiary/aromatic N) is 2. The normalized spacial score (nSPS) is 13.3. The zero-order chi connectivity index (χ0) is 39.8. The van der Waals surface area contributed by atoms with E-state index in [1.165, 1.54) is 104 Å². The summed E-state index contributed by atoms with van der Waals surface area (Å²) < 4.78 is 2.41. The highest BCUT2D eigenvalue weighted by molar-refractivity contribution is 6.11. The van der Waals surface area contributed by atoms with Crippen LogP contribution in [0.3, 0.4) is 0 Å². The van der Waals surface area contributed by atoms with Crippen LogP contribution in [0.5, 0.6) is 0 Å². The van der Waals surface area contributed by atoms with Gasteiger partial charge < -0.3 is 9.47 Å². The van der Waals surface area contributed by atoms with E-state index in [0.29, 0.717) is 5.92 Å². The second-order valence-electron chi connectivity index (χ2n) is 16.3. The number of para-hydroxylation sites is 3. The Labute approximate surface area is 352 Å². The van der Waals surface area contributed by atoms with Crippen molar-refractivity contribution in [3.05, 3.63) is 218 Å². The Hall–Kier alpha value is -7.16. The van der Waals surface area contributed by atoms with Crippen molar-refractivity contribution in [3.8, 4) is 39.1 Å². The zero-order valence-corrected chi connectivity index (χ0v) is 33.7. The minimum atomic E-state index is 0.701. The van der Waals surface area contributed by atoms with Gasteiger partial charge in [0, 0.05) is 33.4 Å². The van der Waals surface area contributed by atoms with Gasteiger partial charge in [0.05, 0.1) is 16.7 Å². The van der Waals surface area contributed by atoms with Crippen molar-refractivity contribution >= 4 is 49.6 Å². The molecule has 1 fully saturated rings. The lowest BCUT2D eigenvalue weighted by atomic mass is 9.84. The van der Waals surface area contributed by atoms with Crippen LogP contribution in [0.25, 0.3) is 71.6 Å². The molecular weight excluding hydrogens is 725 g/mol. The topological polar surface area (TPSA) is 8.17 Å². The van der Waals surface area contributed by atoms with Crippen LogP contribution >= 0.6 is 0 Å². The molecule has 0 N–H and O–H groups in total. The fourth-order valence-electron chi connectivity index (χ4n) is 9.89. The van der Waals surface area contributed by atoms with E-state index in [9.17, 15) is 0 Å². The number of hydrogen-bond donors (Lipinski definition) is 0. The Bertz CT molecular complexity index is 3090. The summed E-state index contributed by atoms with van der Waals surface area (Å²) in [6.07, 6.45) is 6.71. The average molecular weight is 771 g/mol. The number of rotatable bonds is 8. The molecule has 0 spiro atoms. The Balaban J connectivity index is 1.10. The Morgan fingerprint density at radius 1 is 0.400 bits per heavy atom. The van der Waals surface area contributed by atoms with Crippen LogP contribution in [0.15, 0.2) is 212 Å². The van der Waals surface area contributed by atoms with E-state index in [4.69, 9.17) is 0 Å². The average Bonchev–Trinajstić information content (AvgIpc) is 3.66. The number of benzene rings is 9. The third-order valence-corrected chi connectivity index (χ3v) is 12.8. The second kappa shape index (κ2) is 15.5. The summed E-state index contributed by atoms with van der Waals surface area (Å²) in [5.74, 6) is 0.701. The zero-order valence-electron chi connectivity index (χ0n) is 33.7. The van der Waals surface area contributed by atoms with Crippen LogP contribution in [0.4, 0.5) is 17.1 Å². The number of aromatic nitrogens is 1. The highest BCUT2D eigenvalue weighted by Gasteiger charge is 2.22. The van der Waals surface area contributed by atoms with Crippen molar-refractivity contribution in [3.63, 3.8) is 0 Å². The van der Waals surface area contributed by atoms with Gasteiger partial charge >= 0.3 is 0 Å². The first-order valence-electron chi connectivity index (χ1n) is 21.5. The molecule has 1 aliphatic rings. The predicted octanol–water partition coefficient (Wildman–Crippen LogP) is 16.5. The highest BCUT2D eigenvalue weighted by atomic mass is 15.1. The first-order chi connectivity index (χ1) is 29.8. The van der Waals surface area contributed by atoms with Gasteiger partial charge in [-0.2, -0.15) is 0 Å². The summed E-state index contributed by atoms with van der Waals surface area (Å²) >= 11 is 0. The SMILES string of the molecule is c1ccc(-c2cccc3cccc(-c4ccccc4N(c4ccc(-c5ccc(C6CCCCC6)cc5)cc4)c4ccc5c6ccccc6n(-c6ccccc6)c5c4)c23)cc1. The van der Waals surface area contributed by atoms with Crippen molar-refractivity contribution in [1.82, 2.24) is 4.57 Å². The van der Waals surface area contributed by atoms with Crippen LogP contribution in [0, 0.1) is 0 Å². The fraction of sp³-hybridized carbons (Fsp3) is 0.103. The van der Waals surface area contributed by atoms with E-state index in [1.54, 1.807) is 0 Å². The van der Waals surface area contributed by atoms with E-state index in [1.807, 2.05) is 0 Å². The van der Waals surface area contributed by atoms with E-state index in [-0.39, 0.29) is 0 Å². The number of hydrogen-bond acceptors (Lipinski definition) is 1. The first-order valence-corrected chi connectivity index (χ1v) is 21.5. The fourth-order valence-corrected chi connectivity index (χ4v) is 9.89. The van der Waals surface area contributed by atoms with Crippen molar-refractivity contribution in [2.45, 2.75) is 38.0 Å². The van der Waals surface area contributed by atoms with Gasteiger partial charge in [-0.25, -0.2) is 0 Å². The lowest BCUT2D eigenvalue weighted by molar-refractivity contribution is 0.443. The standard InChI is InChI=1S/C58H46N2/c1-4-16-41(17-5-1)42-30-32-43(33-31-42)44-34-36-48(37-35-44)59(49-38-39-53-51-24-10-13-29-56(51)60(57(53)40-49)47-22-8-3-9-23-47)55-28-12-11-25-52(55)54-27-15-21-46-20-14-26-50(58(46)54)45-18-6-2-7-19-45/h2-3,6-15,18-41H,1,4-5,16-17H2. The second-order valence-corrected chi connectivity index (χ2v) is 16.3. The molecule has 0 atom stereocenters. The lowest BCUT2D eigenvalue weighted by Gasteiger charge is -2.29. The maximum absolute atomic E-state index is 2.46. The summed E-state index contributed by atoms with van der Waals surface area (Å²) in [6.45, 7) is 0. The minimum Gasteiger partial charge on any atom is -0.310 e. The molecule has 1 aliphatic carbocycles. The predicted molar refractivity (Wildman–Crippen MR) is 255 cm³/mol. The van der Waals surface area contributed by atoms with Gasteiger partial charge in [0.2, 0.25) is 0 Å². The molecule has 0 unspecified atom stereocenters. The molecule has 288 valence electrons. The summed E-state index contributed by atoms with van der Waals surface area (Å²) in [5.41, 5.74) is 15.7. The monoisotopic (exact) mass is 770 g/mol. The van der Waals surface area contributed by atoms with Crippen molar-refractivity contribution < 1.29 is 0 Å².